The number of oxazole rings is 1. The van der Waals surface area contributed by atoms with Crippen molar-refractivity contribution in [3.8, 4) is 11.5 Å². The Balaban J connectivity index is 1.41. The van der Waals surface area contributed by atoms with E-state index >= 15 is 0 Å². The lowest BCUT2D eigenvalue weighted by molar-refractivity contribution is 0.0948. The van der Waals surface area contributed by atoms with Gasteiger partial charge in [0.1, 0.15) is 11.6 Å². The van der Waals surface area contributed by atoms with Gasteiger partial charge in [-0.05, 0) is 31.2 Å². The summed E-state index contributed by atoms with van der Waals surface area (Å²) in [5, 5.41) is 2.88. The zero-order chi connectivity index (χ0) is 17.9. The summed E-state index contributed by atoms with van der Waals surface area (Å²) in [4.78, 5) is 24.5. The zero-order valence-electron chi connectivity index (χ0n) is 14.3. The molecule has 0 spiro atoms. The number of nitrogens with one attached hydrogen (secondary N) is 2. The van der Waals surface area contributed by atoms with Gasteiger partial charge in [0.05, 0.1) is 11.0 Å². The van der Waals surface area contributed by atoms with Gasteiger partial charge in [-0.1, -0.05) is 30.3 Å². The molecule has 6 heteroatoms. The molecule has 2 heterocycles. The fourth-order valence-corrected chi connectivity index (χ4v) is 2.81. The molecule has 2 N–H and O–H groups in total. The number of nitrogens with zero attached hydrogens (tertiary/aromatic N) is 2. The summed E-state index contributed by atoms with van der Waals surface area (Å²) in [6.07, 6.45) is 0.614. The van der Waals surface area contributed by atoms with Crippen LogP contribution in [0.5, 0.6) is 0 Å². The number of imidazole rings is 1. The SMILES string of the molecule is Cc1oc(-c2ccccc2)nc1C(=O)NCCc1nc2ccccc2[nH]1. The first-order chi connectivity index (χ1) is 12.7. The molecule has 0 atom stereocenters. The van der Waals surface area contributed by atoms with Gasteiger partial charge in [-0.15, -0.1) is 0 Å². The van der Waals surface area contributed by atoms with Crippen LogP contribution in [-0.2, 0) is 6.42 Å². The number of hydrogen-bond acceptors (Lipinski definition) is 4. The minimum Gasteiger partial charge on any atom is -0.441 e. The van der Waals surface area contributed by atoms with E-state index in [2.05, 4.69) is 20.3 Å². The molecule has 4 aromatic rings. The lowest BCUT2D eigenvalue weighted by Crippen LogP contribution is -2.26. The summed E-state index contributed by atoms with van der Waals surface area (Å²) in [7, 11) is 0. The molecule has 1 amide bonds. The predicted octanol–water partition coefficient (Wildman–Crippen LogP) is 3.50. The Bertz CT molecular complexity index is 1020. The van der Waals surface area contributed by atoms with Gasteiger partial charge >= 0.3 is 0 Å². The van der Waals surface area contributed by atoms with Crippen molar-refractivity contribution in [3.63, 3.8) is 0 Å². The number of carbonyl (C=O) groups is 1. The molecule has 2 aromatic carbocycles. The highest BCUT2D eigenvalue weighted by Gasteiger charge is 2.17. The molecule has 6 nitrogen and oxygen atoms in total. The summed E-state index contributed by atoms with van der Waals surface area (Å²) in [6, 6.07) is 17.4. The Hall–Kier alpha value is -3.41. The number of benzene rings is 2. The molecule has 0 bridgehead atoms. The first-order valence-electron chi connectivity index (χ1n) is 8.45. The molecule has 0 aliphatic rings. The van der Waals surface area contributed by atoms with Gasteiger partial charge in [0.15, 0.2) is 5.69 Å². The highest BCUT2D eigenvalue weighted by molar-refractivity contribution is 5.93. The largest absolute Gasteiger partial charge is 0.441 e. The first kappa shape index (κ1) is 16.1. The smallest absolute Gasteiger partial charge is 0.273 e. The summed E-state index contributed by atoms with van der Waals surface area (Å²) in [6.45, 7) is 2.21. The topological polar surface area (TPSA) is 83.8 Å². The van der Waals surface area contributed by atoms with Gasteiger partial charge in [0, 0.05) is 18.5 Å². The Kier molecular flexibility index (Phi) is 4.23. The zero-order valence-corrected chi connectivity index (χ0v) is 14.3. The fourth-order valence-electron chi connectivity index (χ4n) is 2.81. The number of aryl methyl sites for hydroxylation is 1. The summed E-state index contributed by atoms with van der Waals surface area (Å²) < 4.78 is 5.64. The van der Waals surface area contributed by atoms with Crippen molar-refractivity contribution in [3.05, 3.63) is 71.9 Å². The maximum atomic E-state index is 12.4. The molecule has 0 saturated heterocycles. The molecule has 0 aliphatic heterocycles. The van der Waals surface area contributed by atoms with Crippen LogP contribution in [0.2, 0.25) is 0 Å². The summed E-state index contributed by atoms with van der Waals surface area (Å²) in [5.74, 6) is 1.55. The molecular weight excluding hydrogens is 328 g/mol. The predicted molar refractivity (Wildman–Crippen MR) is 98.8 cm³/mol. The second-order valence-electron chi connectivity index (χ2n) is 6.00. The maximum Gasteiger partial charge on any atom is 0.273 e. The maximum absolute atomic E-state index is 12.4. The van der Waals surface area contributed by atoms with Gasteiger partial charge < -0.3 is 14.7 Å². The van der Waals surface area contributed by atoms with Crippen LogP contribution in [0.4, 0.5) is 0 Å². The van der Waals surface area contributed by atoms with Crippen molar-refractivity contribution < 1.29 is 9.21 Å². The van der Waals surface area contributed by atoms with Crippen LogP contribution in [0.1, 0.15) is 22.1 Å². The second-order valence-corrected chi connectivity index (χ2v) is 6.00. The minimum atomic E-state index is -0.246. The molecule has 0 fully saturated rings. The molecule has 130 valence electrons. The third-order valence-corrected chi connectivity index (χ3v) is 4.12. The highest BCUT2D eigenvalue weighted by atomic mass is 16.4. The third kappa shape index (κ3) is 3.21. The molecular formula is C20H18N4O2. The van der Waals surface area contributed by atoms with E-state index in [0.29, 0.717) is 30.3 Å². The summed E-state index contributed by atoms with van der Waals surface area (Å²) in [5.41, 5.74) is 3.08. The number of fused-ring (bicyclic) bond motifs is 1. The molecule has 26 heavy (non-hydrogen) atoms. The number of aromatic amines is 1. The number of hydrogen-bond donors (Lipinski definition) is 2. The Morgan fingerprint density at radius 3 is 2.65 bits per heavy atom. The second kappa shape index (κ2) is 6.84. The van der Waals surface area contributed by atoms with E-state index in [1.807, 2.05) is 54.6 Å². The van der Waals surface area contributed by atoms with Crippen LogP contribution in [0.15, 0.2) is 59.0 Å². The van der Waals surface area contributed by atoms with E-state index in [4.69, 9.17) is 4.42 Å². The van der Waals surface area contributed by atoms with E-state index in [9.17, 15) is 4.79 Å². The lowest BCUT2D eigenvalue weighted by Gasteiger charge is -2.01. The van der Waals surface area contributed by atoms with E-state index < -0.39 is 0 Å². The molecule has 0 unspecified atom stereocenters. The fraction of sp³-hybridized carbons (Fsp3) is 0.150. The van der Waals surface area contributed by atoms with Crippen molar-refractivity contribution in [1.29, 1.82) is 0 Å². The van der Waals surface area contributed by atoms with Crippen LogP contribution in [0.3, 0.4) is 0 Å². The van der Waals surface area contributed by atoms with Crippen LogP contribution in [0.25, 0.3) is 22.5 Å². The average molecular weight is 346 g/mol. The van der Waals surface area contributed by atoms with Crippen molar-refractivity contribution in [2.24, 2.45) is 0 Å². The van der Waals surface area contributed by atoms with Crippen molar-refractivity contribution in [2.45, 2.75) is 13.3 Å². The van der Waals surface area contributed by atoms with Gasteiger partial charge in [-0.3, -0.25) is 4.79 Å². The van der Waals surface area contributed by atoms with Crippen LogP contribution < -0.4 is 5.32 Å². The number of H-pyrrole nitrogens is 1. The van der Waals surface area contributed by atoms with E-state index in [-0.39, 0.29) is 5.91 Å². The third-order valence-electron chi connectivity index (χ3n) is 4.12. The standard InChI is InChI=1S/C20H18N4O2/c1-13-18(24-20(26-13)14-7-3-2-4-8-14)19(25)21-12-11-17-22-15-9-5-6-10-16(15)23-17/h2-10H,11-12H2,1H3,(H,21,25)(H,22,23). The average Bonchev–Trinajstić information content (AvgIpc) is 3.25. The molecule has 2 aromatic heterocycles. The van der Waals surface area contributed by atoms with E-state index in [1.54, 1.807) is 6.92 Å². The van der Waals surface area contributed by atoms with Crippen molar-refractivity contribution in [1.82, 2.24) is 20.3 Å². The number of carbonyl (C=O) groups excluding carboxylic acids is 1. The van der Waals surface area contributed by atoms with Gasteiger partial charge in [-0.25, -0.2) is 9.97 Å². The molecule has 0 radical (unpaired) electrons. The van der Waals surface area contributed by atoms with Gasteiger partial charge in [0.25, 0.3) is 5.91 Å². The number of rotatable bonds is 5. The van der Waals surface area contributed by atoms with Gasteiger partial charge in [0.2, 0.25) is 5.89 Å². The van der Waals surface area contributed by atoms with E-state index in [1.165, 1.54) is 0 Å². The van der Waals surface area contributed by atoms with Gasteiger partial charge in [-0.2, -0.15) is 0 Å². The Labute approximate surface area is 150 Å². The molecule has 4 rings (SSSR count). The van der Waals surface area contributed by atoms with Crippen LogP contribution in [0, 0.1) is 6.92 Å². The normalized spacial score (nSPS) is 11.0. The van der Waals surface area contributed by atoms with Crippen LogP contribution >= 0.6 is 0 Å². The Morgan fingerprint density at radius 1 is 1.08 bits per heavy atom. The van der Waals surface area contributed by atoms with E-state index in [0.717, 1.165) is 22.4 Å². The summed E-state index contributed by atoms with van der Waals surface area (Å²) >= 11 is 0. The quantitative estimate of drug-likeness (QED) is 0.579. The highest BCUT2D eigenvalue weighted by Crippen LogP contribution is 2.21. The van der Waals surface area contributed by atoms with Crippen LogP contribution in [-0.4, -0.2) is 27.4 Å². The van der Waals surface area contributed by atoms with Crippen molar-refractivity contribution in [2.75, 3.05) is 6.54 Å². The van der Waals surface area contributed by atoms with Crippen molar-refractivity contribution >= 4 is 16.9 Å². The Morgan fingerprint density at radius 2 is 1.85 bits per heavy atom. The number of para-hydroxylation sites is 2. The molecule has 0 aliphatic carbocycles. The number of aromatic nitrogens is 3. The lowest BCUT2D eigenvalue weighted by atomic mass is 10.2. The minimum absolute atomic E-state index is 0.246. The number of amides is 1. The molecule has 0 saturated carbocycles. The first-order valence-corrected chi connectivity index (χ1v) is 8.45. The monoisotopic (exact) mass is 346 g/mol.